The largest absolute Gasteiger partial charge is 0.352 e. The Kier molecular flexibility index (Phi) is 5.13. The van der Waals surface area contributed by atoms with Crippen molar-refractivity contribution in [2.45, 2.75) is 6.54 Å². The number of benzene rings is 1. The molecule has 0 radical (unpaired) electrons. The number of carbonyl (C=O) groups is 1. The van der Waals surface area contributed by atoms with Crippen molar-refractivity contribution < 1.29 is 4.79 Å². The van der Waals surface area contributed by atoms with Gasteiger partial charge in [-0.2, -0.15) is 0 Å². The Hall–Kier alpha value is -2.38. The molecule has 0 saturated carbocycles. The van der Waals surface area contributed by atoms with Crippen LogP contribution in [-0.2, 0) is 6.54 Å². The monoisotopic (exact) mass is 386 g/mol. The molecule has 1 saturated heterocycles. The fraction of sp³-hybridized carbons (Fsp3) is 0.421. The summed E-state index contributed by atoms with van der Waals surface area (Å²) in [5.41, 5.74) is 2.05. The smallest absolute Gasteiger partial charge is 0.324 e. The van der Waals surface area contributed by atoms with Gasteiger partial charge in [0.05, 0.1) is 11.9 Å². The zero-order valence-electron chi connectivity index (χ0n) is 15.4. The molecule has 27 heavy (non-hydrogen) atoms. The van der Waals surface area contributed by atoms with Gasteiger partial charge in [0.15, 0.2) is 0 Å². The third-order valence-corrected chi connectivity index (χ3v) is 5.37. The lowest BCUT2D eigenvalue weighted by Crippen LogP contribution is -2.53. The van der Waals surface area contributed by atoms with E-state index in [0.29, 0.717) is 24.7 Å². The number of rotatable bonds is 1. The molecule has 8 heteroatoms. The molecule has 1 aromatic heterocycles. The molecule has 0 N–H and O–H groups in total. The van der Waals surface area contributed by atoms with Crippen LogP contribution in [0.25, 0.3) is 0 Å². The average Bonchev–Trinajstić information content (AvgIpc) is 2.86. The van der Waals surface area contributed by atoms with E-state index in [1.807, 2.05) is 28.0 Å². The Morgan fingerprint density at radius 3 is 2.63 bits per heavy atom. The van der Waals surface area contributed by atoms with Crippen LogP contribution in [0, 0.1) is 0 Å². The highest BCUT2D eigenvalue weighted by atomic mass is 35.5. The summed E-state index contributed by atoms with van der Waals surface area (Å²) in [6.07, 6.45) is 5.13. The molecule has 0 aliphatic carbocycles. The number of likely N-dealkylation sites (N-methyl/N-ethyl adjacent to an activating group) is 1. The van der Waals surface area contributed by atoms with Crippen LogP contribution in [0.3, 0.4) is 0 Å². The predicted octanol–water partition coefficient (Wildman–Crippen LogP) is 2.32. The quantitative estimate of drug-likeness (QED) is 0.752. The molecule has 2 amide bonds. The summed E-state index contributed by atoms with van der Waals surface area (Å²) in [5.74, 6) is 0.862. The summed E-state index contributed by atoms with van der Waals surface area (Å²) in [7, 11) is 2.07. The van der Waals surface area contributed by atoms with Gasteiger partial charge >= 0.3 is 6.03 Å². The number of urea groups is 1. The van der Waals surface area contributed by atoms with Crippen LogP contribution >= 0.6 is 11.6 Å². The maximum atomic E-state index is 13.3. The lowest BCUT2D eigenvalue weighted by molar-refractivity contribution is 0.200. The van der Waals surface area contributed by atoms with Crippen LogP contribution in [0.2, 0.25) is 5.02 Å². The number of hydrogen-bond acceptors (Lipinski definition) is 5. The Bertz CT molecular complexity index is 809. The molecule has 2 aliphatic heterocycles. The Labute approximate surface area is 164 Å². The van der Waals surface area contributed by atoms with Crippen LogP contribution in [0.4, 0.5) is 16.3 Å². The highest BCUT2D eigenvalue weighted by molar-refractivity contribution is 6.30. The van der Waals surface area contributed by atoms with Crippen LogP contribution in [0.5, 0.6) is 0 Å². The van der Waals surface area contributed by atoms with Crippen molar-refractivity contribution in [3.63, 3.8) is 0 Å². The number of anilines is 2. The summed E-state index contributed by atoms with van der Waals surface area (Å²) in [4.78, 5) is 29.9. The first-order chi connectivity index (χ1) is 13.1. The maximum absolute atomic E-state index is 13.3. The molecule has 4 rings (SSSR count). The van der Waals surface area contributed by atoms with Gasteiger partial charge in [0, 0.05) is 63.2 Å². The zero-order chi connectivity index (χ0) is 18.8. The van der Waals surface area contributed by atoms with E-state index in [-0.39, 0.29) is 6.03 Å². The fourth-order valence-corrected chi connectivity index (χ4v) is 3.85. The summed E-state index contributed by atoms with van der Waals surface area (Å²) >= 11 is 6.18. The van der Waals surface area contributed by atoms with Gasteiger partial charge in [-0.3, -0.25) is 9.88 Å². The van der Waals surface area contributed by atoms with Crippen LogP contribution in [-0.4, -0.2) is 72.1 Å². The standard InChI is InChI=1S/C19H23ClN6O/c1-23-6-11-26(17-3-2-16(20)12-15(17)14-23)19(27)25-9-7-24(8-10-25)18-13-21-4-5-22-18/h2-5,12-13H,6-11,14H2,1H3. The fourth-order valence-electron chi connectivity index (χ4n) is 3.66. The minimum Gasteiger partial charge on any atom is -0.352 e. The first kappa shape index (κ1) is 18.0. The second-order valence-corrected chi connectivity index (χ2v) is 7.42. The normalized spacial score (nSPS) is 18.2. The topological polar surface area (TPSA) is 55.8 Å². The number of carbonyl (C=O) groups excluding carboxylic acids is 1. The molecular weight excluding hydrogens is 364 g/mol. The Morgan fingerprint density at radius 1 is 1.07 bits per heavy atom. The van der Waals surface area contributed by atoms with E-state index < -0.39 is 0 Å². The van der Waals surface area contributed by atoms with Crippen molar-refractivity contribution in [1.82, 2.24) is 19.8 Å². The van der Waals surface area contributed by atoms with E-state index in [0.717, 1.165) is 43.2 Å². The molecule has 1 fully saturated rings. The van der Waals surface area contributed by atoms with Crippen LogP contribution in [0.1, 0.15) is 5.56 Å². The Balaban J connectivity index is 1.49. The highest BCUT2D eigenvalue weighted by Gasteiger charge is 2.29. The summed E-state index contributed by atoms with van der Waals surface area (Å²) in [6, 6.07) is 5.85. The van der Waals surface area contributed by atoms with Crippen molar-refractivity contribution >= 4 is 29.1 Å². The lowest BCUT2D eigenvalue weighted by atomic mass is 10.1. The van der Waals surface area contributed by atoms with E-state index in [4.69, 9.17) is 11.6 Å². The number of piperazine rings is 1. The lowest BCUT2D eigenvalue weighted by Gasteiger charge is -2.38. The number of nitrogens with zero attached hydrogens (tertiary/aromatic N) is 6. The molecule has 142 valence electrons. The molecule has 0 bridgehead atoms. The second-order valence-electron chi connectivity index (χ2n) is 6.98. The van der Waals surface area contributed by atoms with Gasteiger partial charge in [-0.25, -0.2) is 9.78 Å². The molecule has 1 aromatic carbocycles. The molecule has 3 heterocycles. The third kappa shape index (κ3) is 3.84. The average molecular weight is 387 g/mol. The first-order valence-electron chi connectivity index (χ1n) is 9.16. The number of halogens is 1. The third-order valence-electron chi connectivity index (χ3n) is 5.13. The van der Waals surface area contributed by atoms with Crippen molar-refractivity contribution in [2.75, 3.05) is 56.1 Å². The zero-order valence-corrected chi connectivity index (χ0v) is 16.1. The van der Waals surface area contributed by atoms with Gasteiger partial charge in [-0.05, 0) is 30.8 Å². The molecule has 2 aromatic rings. The molecule has 0 spiro atoms. The number of aromatic nitrogens is 2. The van der Waals surface area contributed by atoms with Gasteiger partial charge in [0.1, 0.15) is 5.82 Å². The molecular formula is C19H23ClN6O. The van der Waals surface area contributed by atoms with Crippen molar-refractivity contribution in [3.05, 3.63) is 47.4 Å². The van der Waals surface area contributed by atoms with Crippen molar-refractivity contribution in [1.29, 1.82) is 0 Å². The van der Waals surface area contributed by atoms with Gasteiger partial charge in [0.2, 0.25) is 0 Å². The summed E-state index contributed by atoms with van der Waals surface area (Å²) in [6.45, 7) is 5.15. The van der Waals surface area contributed by atoms with Gasteiger partial charge in [0.25, 0.3) is 0 Å². The molecule has 7 nitrogen and oxygen atoms in total. The molecule has 0 unspecified atom stereocenters. The second kappa shape index (κ2) is 7.70. The highest BCUT2D eigenvalue weighted by Crippen LogP contribution is 2.29. The van der Waals surface area contributed by atoms with Gasteiger partial charge in [-0.15, -0.1) is 0 Å². The van der Waals surface area contributed by atoms with Crippen molar-refractivity contribution in [3.8, 4) is 0 Å². The SMILES string of the molecule is CN1CCN(C(=O)N2CCN(c3cnccn3)CC2)c2ccc(Cl)cc2C1. The van der Waals surface area contributed by atoms with E-state index in [9.17, 15) is 4.79 Å². The Morgan fingerprint density at radius 2 is 1.89 bits per heavy atom. The number of amides is 2. The summed E-state index contributed by atoms with van der Waals surface area (Å²) < 4.78 is 0. The minimum atomic E-state index is 0.0627. The number of fused-ring (bicyclic) bond motifs is 1. The van der Waals surface area contributed by atoms with Gasteiger partial charge < -0.3 is 14.7 Å². The minimum absolute atomic E-state index is 0.0627. The first-order valence-corrected chi connectivity index (χ1v) is 9.54. The van der Waals surface area contributed by atoms with Crippen LogP contribution in [0.15, 0.2) is 36.8 Å². The maximum Gasteiger partial charge on any atom is 0.324 e. The number of hydrogen-bond donors (Lipinski definition) is 0. The predicted molar refractivity (Wildman–Crippen MR) is 106 cm³/mol. The van der Waals surface area contributed by atoms with Gasteiger partial charge in [-0.1, -0.05) is 11.6 Å². The van der Waals surface area contributed by atoms with E-state index in [2.05, 4.69) is 26.8 Å². The van der Waals surface area contributed by atoms with Crippen molar-refractivity contribution in [2.24, 2.45) is 0 Å². The van der Waals surface area contributed by atoms with Crippen LogP contribution < -0.4 is 9.80 Å². The van der Waals surface area contributed by atoms with E-state index >= 15 is 0 Å². The molecule has 2 aliphatic rings. The molecule has 0 atom stereocenters. The summed E-state index contributed by atoms with van der Waals surface area (Å²) in [5, 5.41) is 0.703. The van der Waals surface area contributed by atoms with E-state index in [1.54, 1.807) is 18.6 Å². The van der Waals surface area contributed by atoms with E-state index in [1.165, 1.54) is 0 Å².